The molecule has 0 aromatic carbocycles. The predicted molar refractivity (Wildman–Crippen MR) is 119 cm³/mol. The third-order valence-corrected chi connectivity index (χ3v) is 5.27. The van der Waals surface area contributed by atoms with Crippen molar-refractivity contribution in [3.63, 3.8) is 0 Å². The van der Waals surface area contributed by atoms with Gasteiger partial charge in [-0.15, -0.1) is 0 Å². The van der Waals surface area contributed by atoms with E-state index in [0.717, 1.165) is 21.3 Å². The van der Waals surface area contributed by atoms with E-state index in [1.165, 1.54) is 12.1 Å². The number of pyridine rings is 1. The Morgan fingerprint density at radius 1 is 1.18 bits per heavy atom. The van der Waals surface area contributed by atoms with Crippen LogP contribution >= 0.6 is 11.8 Å². The van der Waals surface area contributed by atoms with E-state index in [9.17, 15) is 24.0 Å². The van der Waals surface area contributed by atoms with E-state index < -0.39 is 29.6 Å². The fraction of sp³-hybridized carbons (Fsp3) is 0.286. The lowest BCUT2D eigenvalue weighted by Gasteiger charge is -2.13. The molecule has 12 heteroatoms. The minimum atomic E-state index is -0.846. The molecule has 1 aliphatic heterocycles. The van der Waals surface area contributed by atoms with Crippen LogP contribution in [0, 0.1) is 0 Å². The number of ether oxygens (including phenoxy) is 1. The third-order valence-electron chi connectivity index (χ3n) is 4.36. The highest BCUT2D eigenvalue weighted by molar-refractivity contribution is 8.18. The minimum absolute atomic E-state index is 0.00573. The number of thioether (sulfide) groups is 1. The van der Waals surface area contributed by atoms with Gasteiger partial charge in [0.05, 0.1) is 4.91 Å². The summed E-state index contributed by atoms with van der Waals surface area (Å²) in [7, 11) is 0. The molecule has 172 valence electrons. The van der Waals surface area contributed by atoms with Crippen LogP contribution in [0.5, 0.6) is 0 Å². The van der Waals surface area contributed by atoms with Crippen LogP contribution in [-0.4, -0.2) is 62.4 Å². The topological polar surface area (TPSA) is 141 Å². The van der Waals surface area contributed by atoms with Crippen LogP contribution in [0.25, 0.3) is 6.08 Å². The second-order valence-electron chi connectivity index (χ2n) is 6.83. The molecule has 11 nitrogen and oxygen atoms in total. The first-order valence-electron chi connectivity index (χ1n) is 10.1. The highest BCUT2D eigenvalue weighted by Gasteiger charge is 2.34. The van der Waals surface area contributed by atoms with Crippen molar-refractivity contribution in [2.24, 2.45) is 0 Å². The third kappa shape index (κ3) is 6.35. The van der Waals surface area contributed by atoms with Gasteiger partial charge in [0.2, 0.25) is 0 Å². The van der Waals surface area contributed by atoms with Gasteiger partial charge in [-0.2, -0.15) is 5.10 Å². The Hall–Kier alpha value is -3.80. The number of aryl methyl sites for hydroxylation is 1. The first-order valence-corrected chi connectivity index (χ1v) is 10.9. The average Bonchev–Trinajstić information content (AvgIpc) is 3.07. The molecule has 0 unspecified atom stereocenters. The molecule has 1 fully saturated rings. The summed E-state index contributed by atoms with van der Waals surface area (Å²) < 4.78 is 6.06. The first-order chi connectivity index (χ1) is 15.9. The van der Waals surface area contributed by atoms with Gasteiger partial charge in [0.15, 0.2) is 12.3 Å². The Kier molecular flexibility index (Phi) is 8.08. The molecule has 1 saturated heterocycles. The predicted octanol–water partition coefficient (Wildman–Crippen LogP) is 1.06. The van der Waals surface area contributed by atoms with Crippen LogP contribution < -0.4 is 10.9 Å². The zero-order chi connectivity index (χ0) is 23.8. The molecule has 33 heavy (non-hydrogen) atoms. The van der Waals surface area contributed by atoms with Crippen molar-refractivity contribution >= 4 is 40.9 Å². The van der Waals surface area contributed by atoms with E-state index in [1.807, 2.05) is 6.92 Å². The van der Waals surface area contributed by atoms with Gasteiger partial charge in [0.25, 0.3) is 22.6 Å². The Morgan fingerprint density at radius 3 is 2.73 bits per heavy atom. The van der Waals surface area contributed by atoms with E-state index in [-0.39, 0.29) is 29.2 Å². The summed E-state index contributed by atoms with van der Waals surface area (Å²) in [5, 5.41) is 5.96. The van der Waals surface area contributed by atoms with E-state index in [4.69, 9.17) is 4.74 Å². The molecule has 0 saturated carbocycles. The number of hydrogen-bond donors (Lipinski definition) is 1. The van der Waals surface area contributed by atoms with Crippen LogP contribution in [0.3, 0.4) is 0 Å². The molecule has 1 N–H and O–H groups in total. The number of imide groups is 1. The molecule has 2 aromatic heterocycles. The van der Waals surface area contributed by atoms with Gasteiger partial charge in [0.1, 0.15) is 0 Å². The van der Waals surface area contributed by atoms with Gasteiger partial charge in [-0.25, -0.2) is 9.48 Å². The van der Waals surface area contributed by atoms with Crippen molar-refractivity contribution in [1.29, 1.82) is 0 Å². The molecule has 0 atom stereocenters. The Morgan fingerprint density at radius 2 is 2.00 bits per heavy atom. The molecule has 3 amide bonds. The van der Waals surface area contributed by atoms with Crippen LogP contribution in [0.15, 0.2) is 46.4 Å². The molecule has 0 bridgehead atoms. The number of esters is 1. The summed E-state index contributed by atoms with van der Waals surface area (Å²) >= 11 is 0.810. The van der Waals surface area contributed by atoms with Crippen LogP contribution in [0.2, 0.25) is 0 Å². The zero-order valence-corrected chi connectivity index (χ0v) is 18.5. The molecule has 2 aromatic rings. The van der Waals surface area contributed by atoms with Gasteiger partial charge in [-0.3, -0.25) is 29.1 Å². The van der Waals surface area contributed by atoms with Crippen molar-refractivity contribution in [1.82, 2.24) is 25.0 Å². The number of rotatable bonds is 9. The fourth-order valence-corrected chi connectivity index (χ4v) is 3.66. The van der Waals surface area contributed by atoms with Crippen molar-refractivity contribution in [3.05, 3.63) is 63.2 Å². The largest absolute Gasteiger partial charge is 0.451 e. The van der Waals surface area contributed by atoms with Crippen molar-refractivity contribution in [2.45, 2.75) is 19.9 Å². The van der Waals surface area contributed by atoms with Gasteiger partial charge >= 0.3 is 5.97 Å². The second kappa shape index (κ2) is 11.2. The smallest absolute Gasteiger partial charge is 0.359 e. The van der Waals surface area contributed by atoms with Crippen molar-refractivity contribution in [3.8, 4) is 0 Å². The molecule has 0 spiro atoms. The molecule has 3 heterocycles. The molecular weight excluding hydrogens is 450 g/mol. The maximum atomic E-state index is 12.4. The average molecular weight is 471 g/mol. The van der Waals surface area contributed by atoms with Gasteiger partial charge in [-0.05, 0) is 42.0 Å². The fourth-order valence-electron chi connectivity index (χ4n) is 2.80. The molecule has 3 rings (SSSR count). The standard InChI is InChI=1S/C21H21N5O6S/c1-2-9-26-18(28)6-5-15(24-26)20(30)32-13-17(27)23-8-10-25-19(29)16(33-21(25)31)11-14-4-3-7-22-12-14/h3-7,11-12H,2,8-10,13H2,1H3,(H,23,27)/b16-11-. The number of nitrogens with zero attached hydrogens (tertiary/aromatic N) is 4. The quantitative estimate of drug-likeness (QED) is 0.420. The molecule has 0 aliphatic carbocycles. The second-order valence-corrected chi connectivity index (χ2v) is 7.82. The number of aromatic nitrogens is 3. The van der Waals surface area contributed by atoms with E-state index in [1.54, 1.807) is 30.6 Å². The van der Waals surface area contributed by atoms with Gasteiger partial charge in [0, 0.05) is 38.1 Å². The van der Waals surface area contributed by atoms with Gasteiger partial charge in [-0.1, -0.05) is 13.0 Å². The maximum absolute atomic E-state index is 12.4. The highest BCUT2D eigenvalue weighted by Crippen LogP contribution is 2.31. The number of nitrogens with one attached hydrogen (secondary N) is 1. The minimum Gasteiger partial charge on any atom is -0.451 e. The number of carbonyl (C=O) groups is 4. The summed E-state index contributed by atoms with van der Waals surface area (Å²) in [4.78, 5) is 65.5. The normalized spacial score (nSPS) is 14.6. The van der Waals surface area contributed by atoms with E-state index >= 15 is 0 Å². The molecule has 0 radical (unpaired) electrons. The number of hydrogen-bond acceptors (Lipinski definition) is 9. The van der Waals surface area contributed by atoms with E-state index in [2.05, 4.69) is 15.4 Å². The highest BCUT2D eigenvalue weighted by atomic mass is 32.2. The lowest BCUT2D eigenvalue weighted by Crippen LogP contribution is -2.38. The monoisotopic (exact) mass is 471 g/mol. The maximum Gasteiger partial charge on any atom is 0.359 e. The zero-order valence-electron chi connectivity index (χ0n) is 17.7. The lowest BCUT2D eigenvalue weighted by molar-refractivity contribution is -0.125. The van der Waals surface area contributed by atoms with Crippen molar-refractivity contribution < 1.29 is 23.9 Å². The summed E-state index contributed by atoms with van der Waals surface area (Å²) in [5.41, 5.74) is 0.264. The van der Waals surface area contributed by atoms with Crippen molar-refractivity contribution in [2.75, 3.05) is 19.7 Å². The van der Waals surface area contributed by atoms with Gasteiger partial charge < -0.3 is 10.1 Å². The number of carbonyl (C=O) groups excluding carboxylic acids is 4. The Labute approximate surface area is 192 Å². The summed E-state index contributed by atoms with van der Waals surface area (Å²) in [5.74, 6) is -1.91. The molecular formula is C21H21N5O6S. The summed E-state index contributed by atoms with van der Waals surface area (Å²) in [6, 6.07) is 5.92. The first kappa shape index (κ1) is 23.9. The summed E-state index contributed by atoms with van der Waals surface area (Å²) in [6.07, 6.45) is 5.41. The van der Waals surface area contributed by atoms with Crippen LogP contribution in [0.4, 0.5) is 4.79 Å². The Balaban J connectivity index is 1.46. The van der Waals surface area contributed by atoms with Crippen LogP contribution in [-0.2, 0) is 20.9 Å². The Bertz CT molecular complexity index is 1150. The van der Waals surface area contributed by atoms with Crippen LogP contribution in [0.1, 0.15) is 29.4 Å². The summed E-state index contributed by atoms with van der Waals surface area (Å²) in [6.45, 7) is 1.61. The molecule has 1 aliphatic rings. The SMILES string of the molecule is CCCn1nc(C(=O)OCC(=O)NCCN2C(=O)S/C(=C\c3cccnc3)C2=O)ccc1=O. The van der Waals surface area contributed by atoms with E-state index in [0.29, 0.717) is 18.5 Å². The number of amides is 3. The lowest BCUT2D eigenvalue weighted by atomic mass is 10.2.